The fourth-order valence-corrected chi connectivity index (χ4v) is 2.42. The summed E-state index contributed by atoms with van der Waals surface area (Å²) < 4.78 is 5.28. The molecule has 3 nitrogen and oxygen atoms in total. The largest absolute Gasteiger partial charge is 0.507 e. The van der Waals surface area contributed by atoms with Crippen molar-refractivity contribution in [1.29, 1.82) is 0 Å². The summed E-state index contributed by atoms with van der Waals surface area (Å²) in [5.74, 6) is 0.153. The summed E-state index contributed by atoms with van der Waals surface area (Å²) in [6.45, 7) is 3.67. The predicted molar refractivity (Wildman–Crippen MR) is 71.1 cm³/mol. The molecule has 0 fully saturated rings. The number of hydrogen-bond donors (Lipinski definition) is 1. The van der Waals surface area contributed by atoms with Gasteiger partial charge >= 0.3 is 5.63 Å². The van der Waals surface area contributed by atoms with E-state index in [1.807, 2.05) is 26.0 Å². The molecule has 1 N–H and O–H groups in total. The van der Waals surface area contributed by atoms with Crippen molar-refractivity contribution in [3.8, 4) is 5.75 Å². The molecule has 0 atom stereocenters. The van der Waals surface area contributed by atoms with Gasteiger partial charge in [0, 0.05) is 10.8 Å². The van der Waals surface area contributed by atoms with E-state index >= 15 is 0 Å². The molecule has 0 aliphatic rings. The van der Waals surface area contributed by atoms with Crippen LogP contribution in [0, 0.1) is 13.8 Å². The van der Waals surface area contributed by atoms with Gasteiger partial charge in [-0.25, -0.2) is 4.79 Å². The zero-order valence-corrected chi connectivity index (χ0v) is 10.2. The first-order chi connectivity index (χ1) is 8.59. The van der Waals surface area contributed by atoms with E-state index in [2.05, 4.69) is 0 Å². The quantitative estimate of drug-likeness (QED) is 0.484. The summed E-state index contributed by atoms with van der Waals surface area (Å²) in [5.41, 5.74) is 1.67. The third-order valence-electron chi connectivity index (χ3n) is 3.25. The number of phenolic OH excluding ortho intramolecular Hbond substituents is 1. The minimum atomic E-state index is -0.406. The number of aryl methyl sites for hydroxylation is 2. The zero-order chi connectivity index (χ0) is 12.9. The Hall–Kier alpha value is -2.29. The molecule has 3 aromatic rings. The normalized spacial score (nSPS) is 11.2. The van der Waals surface area contributed by atoms with Crippen LogP contribution in [0.2, 0.25) is 0 Å². The van der Waals surface area contributed by atoms with Crippen molar-refractivity contribution in [3.63, 3.8) is 0 Å². The van der Waals surface area contributed by atoms with Gasteiger partial charge in [0.2, 0.25) is 0 Å². The topological polar surface area (TPSA) is 50.4 Å². The Morgan fingerprint density at radius 2 is 1.78 bits per heavy atom. The molecule has 3 heteroatoms. The molecule has 0 aliphatic carbocycles. The second-order valence-electron chi connectivity index (χ2n) is 4.49. The first-order valence-corrected chi connectivity index (χ1v) is 5.74. The Labute approximate surface area is 103 Å². The lowest BCUT2D eigenvalue weighted by atomic mass is 9.99. The Morgan fingerprint density at radius 1 is 1.06 bits per heavy atom. The molecule has 0 bridgehead atoms. The number of phenols is 1. The highest BCUT2D eigenvalue weighted by atomic mass is 16.4. The van der Waals surface area contributed by atoms with E-state index in [9.17, 15) is 9.90 Å². The third-order valence-corrected chi connectivity index (χ3v) is 3.25. The molecule has 0 saturated carbocycles. The fourth-order valence-electron chi connectivity index (χ4n) is 2.42. The van der Waals surface area contributed by atoms with E-state index in [1.54, 1.807) is 18.2 Å². The van der Waals surface area contributed by atoms with Gasteiger partial charge in [0.05, 0.1) is 5.39 Å². The van der Waals surface area contributed by atoms with E-state index in [0.29, 0.717) is 16.4 Å². The number of para-hydroxylation sites is 1. The van der Waals surface area contributed by atoms with Crippen molar-refractivity contribution in [3.05, 3.63) is 51.9 Å². The van der Waals surface area contributed by atoms with Crippen LogP contribution in [0.25, 0.3) is 21.7 Å². The van der Waals surface area contributed by atoms with Crippen molar-refractivity contribution in [2.24, 2.45) is 0 Å². The van der Waals surface area contributed by atoms with Gasteiger partial charge in [-0.3, -0.25) is 0 Å². The van der Waals surface area contributed by atoms with Gasteiger partial charge in [-0.2, -0.15) is 0 Å². The van der Waals surface area contributed by atoms with E-state index in [0.717, 1.165) is 16.5 Å². The molecule has 1 aromatic heterocycles. The number of aromatic hydroxyl groups is 1. The van der Waals surface area contributed by atoms with Crippen molar-refractivity contribution < 1.29 is 9.52 Å². The highest BCUT2D eigenvalue weighted by molar-refractivity contribution is 6.09. The van der Waals surface area contributed by atoms with Crippen molar-refractivity contribution in [2.45, 2.75) is 13.8 Å². The second kappa shape index (κ2) is 3.60. The monoisotopic (exact) mass is 240 g/mol. The molecule has 18 heavy (non-hydrogen) atoms. The van der Waals surface area contributed by atoms with Crippen LogP contribution in [0.1, 0.15) is 11.1 Å². The third kappa shape index (κ3) is 1.34. The van der Waals surface area contributed by atoms with Crippen LogP contribution in [-0.2, 0) is 0 Å². The molecule has 0 amide bonds. The number of hydrogen-bond acceptors (Lipinski definition) is 3. The lowest BCUT2D eigenvalue weighted by Crippen LogP contribution is -2.02. The van der Waals surface area contributed by atoms with Crippen LogP contribution in [0.5, 0.6) is 5.75 Å². The summed E-state index contributed by atoms with van der Waals surface area (Å²) >= 11 is 0. The second-order valence-corrected chi connectivity index (χ2v) is 4.49. The molecular formula is C15H12O3. The molecule has 1 heterocycles. The van der Waals surface area contributed by atoms with E-state index in [1.165, 1.54) is 0 Å². The average Bonchev–Trinajstić information content (AvgIpc) is 2.34. The molecule has 0 saturated heterocycles. The van der Waals surface area contributed by atoms with E-state index in [4.69, 9.17) is 4.42 Å². The first kappa shape index (κ1) is 10.8. The van der Waals surface area contributed by atoms with E-state index < -0.39 is 5.63 Å². The molecular weight excluding hydrogens is 228 g/mol. The van der Waals surface area contributed by atoms with E-state index in [-0.39, 0.29) is 5.75 Å². The minimum absolute atomic E-state index is 0.153. The summed E-state index contributed by atoms with van der Waals surface area (Å²) in [6.07, 6.45) is 0. The fraction of sp³-hybridized carbons (Fsp3) is 0.133. The lowest BCUT2D eigenvalue weighted by molar-refractivity contribution is 0.477. The van der Waals surface area contributed by atoms with Crippen molar-refractivity contribution in [2.75, 3.05) is 0 Å². The summed E-state index contributed by atoms with van der Waals surface area (Å²) in [4.78, 5) is 12.0. The standard InChI is InChI=1S/C15H12O3/c1-8-7-9(2)14(16)13-10-5-3-4-6-11(10)18-15(17)12(8)13/h3-7,16H,1-2H3. The number of rotatable bonds is 0. The van der Waals surface area contributed by atoms with Gasteiger partial charge in [-0.05, 0) is 31.0 Å². The van der Waals surface area contributed by atoms with Gasteiger partial charge in [0.15, 0.2) is 0 Å². The smallest absolute Gasteiger partial charge is 0.344 e. The van der Waals surface area contributed by atoms with Gasteiger partial charge in [0.1, 0.15) is 11.3 Å². The molecule has 0 aliphatic heterocycles. The van der Waals surface area contributed by atoms with Gasteiger partial charge in [-0.1, -0.05) is 24.3 Å². The van der Waals surface area contributed by atoms with Crippen LogP contribution in [-0.4, -0.2) is 5.11 Å². The van der Waals surface area contributed by atoms with Crippen LogP contribution in [0.15, 0.2) is 39.5 Å². The van der Waals surface area contributed by atoms with Crippen LogP contribution in [0.3, 0.4) is 0 Å². The molecule has 90 valence electrons. The first-order valence-electron chi connectivity index (χ1n) is 5.74. The maximum atomic E-state index is 12.0. The maximum Gasteiger partial charge on any atom is 0.344 e. The summed E-state index contributed by atoms with van der Waals surface area (Å²) in [6, 6.07) is 9.03. The van der Waals surface area contributed by atoms with Crippen LogP contribution >= 0.6 is 0 Å². The highest BCUT2D eigenvalue weighted by Gasteiger charge is 2.14. The van der Waals surface area contributed by atoms with Gasteiger partial charge in [-0.15, -0.1) is 0 Å². The lowest BCUT2D eigenvalue weighted by Gasteiger charge is -2.09. The number of benzene rings is 2. The molecule has 3 rings (SSSR count). The predicted octanol–water partition coefficient (Wildman–Crippen LogP) is 3.27. The van der Waals surface area contributed by atoms with Gasteiger partial charge in [0.25, 0.3) is 0 Å². The maximum absolute atomic E-state index is 12.0. The zero-order valence-electron chi connectivity index (χ0n) is 10.2. The Bertz CT molecular complexity index is 828. The Balaban J connectivity index is 2.75. The van der Waals surface area contributed by atoms with Crippen molar-refractivity contribution in [1.82, 2.24) is 0 Å². The summed E-state index contributed by atoms with van der Waals surface area (Å²) in [5, 5.41) is 12.0. The summed E-state index contributed by atoms with van der Waals surface area (Å²) in [7, 11) is 0. The Morgan fingerprint density at radius 3 is 2.56 bits per heavy atom. The van der Waals surface area contributed by atoms with Gasteiger partial charge < -0.3 is 9.52 Å². The SMILES string of the molecule is Cc1cc(C)c2c(=O)oc3ccccc3c2c1O. The molecule has 0 radical (unpaired) electrons. The van der Waals surface area contributed by atoms with Crippen LogP contribution in [0.4, 0.5) is 0 Å². The molecule has 0 unspecified atom stereocenters. The minimum Gasteiger partial charge on any atom is -0.507 e. The molecule has 0 spiro atoms. The number of fused-ring (bicyclic) bond motifs is 3. The average molecular weight is 240 g/mol. The van der Waals surface area contributed by atoms with Crippen LogP contribution < -0.4 is 5.63 Å². The Kier molecular flexibility index (Phi) is 2.17. The van der Waals surface area contributed by atoms with Crippen molar-refractivity contribution >= 4 is 21.7 Å². The molecule has 2 aromatic carbocycles. The highest BCUT2D eigenvalue weighted by Crippen LogP contribution is 2.34.